The number of carbonyl (C=O) groups is 2. The molecule has 3 amide bonds. The number of likely N-dealkylation sites (tertiary alicyclic amines) is 1. The lowest BCUT2D eigenvalue weighted by atomic mass is 9.96. The van der Waals surface area contributed by atoms with Crippen LogP contribution in [0.4, 0.5) is 4.79 Å². The number of rotatable bonds is 2. The highest BCUT2D eigenvalue weighted by Gasteiger charge is 2.32. The smallest absolute Gasteiger partial charge is 0.319 e. The quantitative estimate of drug-likeness (QED) is 0.610. The molecule has 1 aromatic carbocycles. The van der Waals surface area contributed by atoms with E-state index in [0.29, 0.717) is 25.3 Å². The zero-order chi connectivity index (χ0) is 22.4. The molecular weight excluding hydrogens is 408 g/mol. The Bertz CT molecular complexity index is 1170. The molecule has 10 heteroatoms. The number of carbonyl (C=O) groups excluding carboxylic acids is 2. The van der Waals surface area contributed by atoms with E-state index in [1.54, 1.807) is 28.6 Å². The lowest BCUT2D eigenvalue weighted by Crippen LogP contribution is -2.44. The van der Waals surface area contributed by atoms with Crippen LogP contribution in [0.15, 0.2) is 24.3 Å². The molecule has 2 aromatic heterocycles. The van der Waals surface area contributed by atoms with Gasteiger partial charge in [-0.15, -0.1) is 10.2 Å². The molecule has 32 heavy (non-hydrogen) atoms. The van der Waals surface area contributed by atoms with Crippen LogP contribution in [-0.4, -0.2) is 84.9 Å². The van der Waals surface area contributed by atoms with E-state index >= 15 is 0 Å². The second kappa shape index (κ2) is 7.92. The molecule has 0 radical (unpaired) electrons. The highest BCUT2D eigenvalue weighted by atomic mass is 16.2. The largest absolute Gasteiger partial charge is 0.331 e. The molecule has 0 aliphatic carbocycles. The molecule has 3 aromatic rings. The van der Waals surface area contributed by atoms with Crippen molar-refractivity contribution in [3.8, 4) is 0 Å². The Balaban J connectivity index is 1.30. The van der Waals surface area contributed by atoms with Gasteiger partial charge in [-0.3, -0.25) is 9.48 Å². The van der Waals surface area contributed by atoms with Gasteiger partial charge in [-0.1, -0.05) is 18.2 Å². The zero-order valence-electron chi connectivity index (χ0n) is 18.7. The van der Waals surface area contributed by atoms with Gasteiger partial charge < -0.3 is 19.3 Å². The standard InChI is InChI=1S/C22H28N8O2/c1-26(2)22(32)28-10-8-15(9-11-28)20-24-23-18-14-29(12-13-30(18)20)21(31)19-16-6-4-5-7-17(16)27(3)25-19/h4-7,15H,8-14H2,1-3H3. The molecule has 0 atom stereocenters. The summed E-state index contributed by atoms with van der Waals surface area (Å²) in [4.78, 5) is 30.8. The van der Waals surface area contributed by atoms with Crippen molar-refractivity contribution in [3.63, 3.8) is 0 Å². The second-order valence-corrected chi connectivity index (χ2v) is 8.78. The van der Waals surface area contributed by atoms with Gasteiger partial charge in [-0.25, -0.2) is 4.79 Å². The van der Waals surface area contributed by atoms with E-state index in [2.05, 4.69) is 19.9 Å². The van der Waals surface area contributed by atoms with Gasteiger partial charge in [-0.2, -0.15) is 5.10 Å². The SMILES string of the molecule is CN(C)C(=O)N1CCC(c2nnc3n2CCN(C(=O)c2nn(C)c4ccccc24)C3)CC1. The Morgan fingerprint density at radius 1 is 1.00 bits per heavy atom. The zero-order valence-corrected chi connectivity index (χ0v) is 18.7. The van der Waals surface area contributed by atoms with Gasteiger partial charge in [0.2, 0.25) is 0 Å². The molecule has 1 fully saturated rings. The first-order valence-electron chi connectivity index (χ1n) is 11.0. The molecule has 0 saturated carbocycles. The average Bonchev–Trinajstić information content (AvgIpc) is 3.39. The third-order valence-electron chi connectivity index (χ3n) is 6.54. The lowest BCUT2D eigenvalue weighted by Gasteiger charge is -2.34. The number of benzene rings is 1. The highest BCUT2D eigenvalue weighted by molar-refractivity contribution is 6.04. The number of aromatic nitrogens is 5. The molecule has 2 aliphatic heterocycles. The van der Waals surface area contributed by atoms with Crippen LogP contribution in [0.2, 0.25) is 0 Å². The summed E-state index contributed by atoms with van der Waals surface area (Å²) in [6, 6.07) is 7.84. The summed E-state index contributed by atoms with van der Waals surface area (Å²) in [6.07, 6.45) is 1.75. The maximum atomic E-state index is 13.3. The van der Waals surface area contributed by atoms with E-state index < -0.39 is 0 Å². The van der Waals surface area contributed by atoms with E-state index in [0.717, 1.165) is 48.5 Å². The summed E-state index contributed by atoms with van der Waals surface area (Å²) in [6.45, 7) is 3.14. The van der Waals surface area contributed by atoms with Gasteiger partial charge in [-0.05, 0) is 18.9 Å². The lowest BCUT2D eigenvalue weighted by molar-refractivity contribution is 0.0700. The van der Waals surface area contributed by atoms with Gasteiger partial charge in [0.1, 0.15) is 5.82 Å². The van der Waals surface area contributed by atoms with Crippen LogP contribution in [0.3, 0.4) is 0 Å². The minimum Gasteiger partial charge on any atom is -0.331 e. The number of para-hydroxylation sites is 1. The van der Waals surface area contributed by atoms with Crippen molar-refractivity contribution in [2.24, 2.45) is 7.05 Å². The van der Waals surface area contributed by atoms with Crippen molar-refractivity contribution >= 4 is 22.8 Å². The van der Waals surface area contributed by atoms with Crippen LogP contribution >= 0.6 is 0 Å². The maximum Gasteiger partial charge on any atom is 0.319 e. The number of hydrogen-bond donors (Lipinski definition) is 0. The summed E-state index contributed by atoms with van der Waals surface area (Å²) in [5.74, 6) is 2.00. The molecule has 5 rings (SSSR count). The maximum absolute atomic E-state index is 13.3. The van der Waals surface area contributed by atoms with Crippen LogP contribution in [-0.2, 0) is 20.1 Å². The van der Waals surface area contributed by atoms with E-state index in [4.69, 9.17) is 0 Å². The van der Waals surface area contributed by atoms with Gasteiger partial charge in [0, 0.05) is 58.6 Å². The predicted octanol–water partition coefficient (Wildman–Crippen LogP) is 1.68. The highest BCUT2D eigenvalue weighted by Crippen LogP contribution is 2.29. The third kappa shape index (κ3) is 3.39. The number of amides is 3. The monoisotopic (exact) mass is 436 g/mol. The Labute approximate surface area is 186 Å². The summed E-state index contributed by atoms with van der Waals surface area (Å²) in [5.41, 5.74) is 1.42. The molecule has 0 unspecified atom stereocenters. The third-order valence-corrected chi connectivity index (χ3v) is 6.54. The van der Waals surface area contributed by atoms with Crippen molar-refractivity contribution in [1.82, 2.24) is 39.2 Å². The van der Waals surface area contributed by atoms with E-state index in [1.807, 2.05) is 36.2 Å². The number of fused-ring (bicyclic) bond motifs is 2. The normalized spacial score (nSPS) is 17.0. The number of piperidine rings is 1. The average molecular weight is 437 g/mol. The summed E-state index contributed by atoms with van der Waals surface area (Å²) in [5, 5.41) is 14.2. The second-order valence-electron chi connectivity index (χ2n) is 8.78. The Hall–Kier alpha value is -3.43. The first kappa shape index (κ1) is 20.5. The fraction of sp³-hybridized carbons (Fsp3) is 0.500. The molecular formula is C22H28N8O2. The van der Waals surface area contributed by atoms with Gasteiger partial charge in [0.15, 0.2) is 11.5 Å². The van der Waals surface area contributed by atoms with Gasteiger partial charge in [0.05, 0.1) is 12.1 Å². The van der Waals surface area contributed by atoms with E-state index in [-0.39, 0.29) is 17.9 Å². The van der Waals surface area contributed by atoms with Crippen molar-refractivity contribution in [2.45, 2.75) is 31.8 Å². The molecule has 10 nitrogen and oxygen atoms in total. The van der Waals surface area contributed by atoms with Gasteiger partial charge in [0.25, 0.3) is 5.91 Å². The van der Waals surface area contributed by atoms with Gasteiger partial charge >= 0.3 is 6.03 Å². The topological polar surface area (TPSA) is 92.4 Å². The predicted molar refractivity (Wildman–Crippen MR) is 118 cm³/mol. The molecule has 0 spiro atoms. The molecule has 0 N–H and O–H groups in total. The summed E-state index contributed by atoms with van der Waals surface area (Å²) >= 11 is 0. The first-order chi connectivity index (χ1) is 15.4. The van der Waals surface area contributed by atoms with Crippen LogP contribution in [0.1, 0.15) is 40.9 Å². The Morgan fingerprint density at radius 3 is 2.50 bits per heavy atom. The number of urea groups is 1. The molecule has 1 saturated heterocycles. The van der Waals surface area contributed by atoms with Crippen molar-refractivity contribution in [2.75, 3.05) is 33.7 Å². The fourth-order valence-corrected chi connectivity index (χ4v) is 4.79. The molecule has 4 heterocycles. The van der Waals surface area contributed by atoms with Crippen LogP contribution < -0.4 is 0 Å². The van der Waals surface area contributed by atoms with Crippen LogP contribution in [0.25, 0.3) is 10.9 Å². The minimum absolute atomic E-state index is 0.0583. The van der Waals surface area contributed by atoms with Crippen molar-refractivity contribution in [1.29, 1.82) is 0 Å². The van der Waals surface area contributed by atoms with Crippen molar-refractivity contribution in [3.05, 3.63) is 41.6 Å². The van der Waals surface area contributed by atoms with E-state index in [9.17, 15) is 9.59 Å². The number of hydrogen-bond acceptors (Lipinski definition) is 5. The van der Waals surface area contributed by atoms with Crippen molar-refractivity contribution < 1.29 is 9.59 Å². The van der Waals surface area contributed by atoms with E-state index in [1.165, 1.54) is 0 Å². The molecule has 2 aliphatic rings. The Kier molecular flexibility index (Phi) is 5.07. The first-order valence-corrected chi connectivity index (χ1v) is 11.0. The minimum atomic E-state index is -0.0758. The Morgan fingerprint density at radius 2 is 1.75 bits per heavy atom. The molecule has 0 bridgehead atoms. The fourth-order valence-electron chi connectivity index (χ4n) is 4.79. The summed E-state index contributed by atoms with van der Waals surface area (Å²) < 4.78 is 3.91. The van der Waals surface area contributed by atoms with Crippen LogP contribution in [0, 0.1) is 0 Å². The molecule has 168 valence electrons. The van der Waals surface area contributed by atoms with Crippen LogP contribution in [0.5, 0.6) is 0 Å². The number of nitrogens with zero attached hydrogens (tertiary/aromatic N) is 8. The summed E-state index contributed by atoms with van der Waals surface area (Å²) in [7, 11) is 5.42. The number of aryl methyl sites for hydroxylation is 1.